The molecule has 4 N–H and O–H groups in total. The molecule has 0 atom stereocenters. The van der Waals surface area contributed by atoms with Gasteiger partial charge in [0.25, 0.3) is 0 Å². The van der Waals surface area contributed by atoms with E-state index in [1.165, 1.54) is 0 Å². The molecule has 0 heterocycles. The van der Waals surface area contributed by atoms with Crippen molar-refractivity contribution in [3.8, 4) is 18.1 Å². The third-order valence-corrected chi connectivity index (χ3v) is 2.90. The van der Waals surface area contributed by atoms with Gasteiger partial charge in [0.2, 0.25) is 0 Å². The fourth-order valence-corrected chi connectivity index (χ4v) is 1.83. The van der Waals surface area contributed by atoms with Gasteiger partial charge >= 0.3 is 0 Å². The Bertz CT molecular complexity index is 492. The number of terminal acetylenes is 1. The highest BCUT2D eigenvalue weighted by Gasteiger charge is 2.08. The number of nitrogens with two attached hydrogens (primary N) is 1. The molecule has 0 unspecified atom stereocenters. The third kappa shape index (κ3) is 4.82. The molecule has 1 aromatic rings. The van der Waals surface area contributed by atoms with Crippen LogP contribution in [0.1, 0.15) is 30.4 Å². The van der Waals surface area contributed by atoms with Crippen molar-refractivity contribution in [2.75, 3.05) is 13.7 Å². The average molecular weight is 275 g/mol. The zero-order valence-electron chi connectivity index (χ0n) is 11.7. The molecule has 0 aliphatic heterocycles. The van der Waals surface area contributed by atoms with Crippen LogP contribution in [-0.2, 0) is 6.54 Å². The van der Waals surface area contributed by atoms with E-state index in [-0.39, 0.29) is 5.84 Å². The van der Waals surface area contributed by atoms with Crippen LogP contribution in [0, 0.1) is 12.3 Å². The number of benzene rings is 1. The molecule has 1 aromatic carbocycles. The van der Waals surface area contributed by atoms with Crippen molar-refractivity contribution in [1.82, 2.24) is 5.32 Å². The van der Waals surface area contributed by atoms with Gasteiger partial charge in [0.15, 0.2) is 5.84 Å². The van der Waals surface area contributed by atoms with Crippen molar-refractivity contribution in [3.63, 3.8) is 0 Å². The molecule has 20 heavy (non-hydrogen) atoms. The first-order valence-electron chi connectivity index (χ1n) is 6.52. The number of hydrogen-bond donors (Lipinski definition) is 3. The summed E-state index contributed by atoms with van der Waals surface area (Å²) in [6.07, 6.45) is 8.09. The Hall–Kier alpha value is -2.19. The quantitative estimate of drug-likeness (QED) is 0.168. The first-order chi connectivity index (χ1) is 9.72. The molecule has 0 amide bonds. The van der Waals surface area contributed by atoms with Crippen LogP contribution in [0.15, 0.2) is 23.4 Å². The van der Waals surface area contributed by atoms with Crippen LogP contribution in [-0.4, -0.2) is 24.7 Å². The zero-order valence-corrected chi connectivity index (χ0v) is 11.7. The van der Waals surface area contributed by atoms with Gasteiger partial charge in [-0.05, 0) is 37.1 Å². The first kappa shape index (κ1) is 15.9. The second-order valence-electron chi connectivity index (χ2n) is 4.36. The van der Waals surface area contributed by atoms with E-state index >= 15 is 0 Å². The molecular formula is C15H21N3O2. The molecule has 0 aliphatic carbocycles. The minimum absolute atomic E-state index is 0.0396. The second-order valence-corrected chi connectivity index (χ2v) is 4.36. The van der Waals surface area contributed by atoms with Gasteiger partial charge in [0.1, 0.15) is 5.75 Å². The summed E-state index contributed by atoms with van der Waals surface area (Å²) >= 11 is 0. The van der Waals surface area contributed by atoms with E-state index in [1.54, 1.807) is 7.11 Å². The highest BCUT2D eigenvalue weighted by atomic mass is 16.5. The number of hydrogen-bond acceptors (Lipinski definition) is 4. The largest absolute Gasteiger partial charge is 0.496 e. The van der Waals surface area contributed by atoms with Crippen LogP contribution in [0.2, 0.25) is 0 Å². The summed E-state index contributed by atoms with van der Waals surface area (Å²) in [5.74, 6) is 3.24. The summed E-state index contributed by atoms with van der Waals surface area (Å²) in [4.78, 5) is 0. The average Bonchev–Trinajstić information content (AvgIpc) is 2.49. The monoisotopic (exact) mass is 275 g/mol. The Balaban J connectivity index is 2.57. The summed E-state index contributed by atoms with van der Waals surface area (Å²) < 4.78 is 5.18. The normalized spacial score (nSPS) is 11.1. The maximum absolute atomic E-state index is 8.77. The fourth-order valence-electron chi connectivity index (χ4n) is 1.83. The molecule has 0 radical (unpaired) electrons. The lowest BCUT2D eigenvalue weighted by Crippen LogP contribution is -2.17. The number of nitrogens with one attached hydrogen (secondary N) is 1. The van der Waals surface area contributed by atoms with E-state index in [1.807, 2.05) is 18.2 Å². The summed E-state index contributed by atoms with van der Waals surface area (Å²) in [7, 11) is 1.55. The number of methoxy groups -OCH3 is 1. The summed E-state index contributed by atoms with van der Waals surface area (Å²) in [5, 5.41) is 15.1. The van der Waals surface area contributed by atoms with Crippen LogP contribution in [0.3, 0.4) is 0 Å². The first-order valence-corrected chi connectivity index (χ1v) is 6.52. The van der Waals surface area contributed by atoms with Crippen molar-refractivity contribution in [1.29, 1.82) is 0 Å². The van der Waals surface area contributed by atoms with E-state index < -0.39 is 0 Å². The van der Waals surface area contributed by atoms with Crippen molar-refractivity contribution in [2.45, 2.75) is 25.8 Å². The number of ether oxygens (including phenoxy) is 1. The molecule has 0 fully saturated rings. The third-order valence-electron chi connectivity index (χ3n) is 2.90. The predicted octanol–water partition coefficient (Wildman–Crippen LogP) is 1.68. The number of nitrogens with zero attached hydrogens (tertiary/aromatic N) is 1. The summed E-state index contributed by atoms with van der Waals surface area (Å²) in [6, 6.07) is 5.60. The highest BCUT2D eigenvalue weighted by Crippen LogP contribution is 2.19. The number of amidine groups is 1. The highest BCUT2D eigenvalue weighted by molar-refractivity contribution is 5.99. The van der Waals surface area contributed by atoms with Gasteiger partial charge in [-0.1, -0.05) is 11.2 Å². The van der Waals surface area contributed by atoms with E-state index in [4.69, 9.17) is 22.1 Å². The lowest BCUT2D eigenvalue weighted by Gasteiger charge is -2.10. The number of unbranched alkanes of at least 4 members (excludes halogenated alkanes) is 2. The Morgan fingerprint density at radius 1 is 1.50 bits per heavy atom. The maximum atomic E-state index is 8.77. The summed E-state index contributed by atoms with van der Waals surface area (Å²) in [5.41, 5.74) is 7.26. The summed E-state index contributed by atoms with van der Waals surface area (Å²) in [6.45, 7) is 1.62. The lowest BCUT2D eigenvalue weighted by atomic mass is 10.1. The van der Waals surface area contributed by atoms with E-state index in [0.29, 0.717) is 17.9 Å². The number of rotatable bonds is 8. The van der Waals surface area contributed by atoms with E-state index in [9.17, 15) is 0 Å². The van der Waals surface area contributed by atoms with Gasteiger partial charge in [-0.25, -0.2) is 0 Å². The minimum Gasteiger partial charge on any atom is -0.496 e. The number of oxime groups is 1. The molecule has 5 nitrogen and oxygen atoms in total. The molecular weight excluding hydrogens is 254 g/mol. The molecule has 0 saturated heterocycles. The SMILES string of the molecule is C#CCCCCNCc1ccc(OC)c(/C(N)=N/O)c1. The zero-order chi connectivity index (χ0) is 14.8. The molecule has 5 heteroatoms. The molecule has 1 rings (SSSR count). The maximum Gasteiger partial charge on any atom is 0.173 e. The Morgan fingerprint density at radius 2 is 2.30 bits per heavy atom. The van der Waals surface area contributed by atoms with Gasteiger partial charge in [-0.2, -0.15) is 0 Å². The smallest absolute Gasteiger partial charge is 0.173 e. The van der Waals surface area contributed by atoms with Gasteiger partial charge in [0.05, 0.1) is 12.7 Å². The van der Waals surface area contributed by atoms with Crippen molar-refractivity contribution in [2.24, 2.45) is 10.9 Å². The standard InChI is InChI=1S/C15H21N3O2/c1-3-4-5-6-9-17-11-12-7-8-14(20-2)13(10-12)15(16)18-19/h1,7-8,10,17,19H,4-6,9,11H2,2H3,(H2,16,18). The van der Waals surface area contributed by atoms with Gasteiger partial charge in [-0.15, -0.1) is 12.3 Å². The second kappa shape index (κ2) is 8.83. The van der Waals surface area contributed by atoms with Crippen molar-refractivity contribution >= 4 is 5.84 Å². The minimum atomic E-state index is 0.0396. The Labute approximate surface area is 119 Å². The molecule has 0 saturated carbocycles. The Kier molecular flexibility index (Phi) is 7.01. The van der Waals surface area contributed by atoms with Crippen LogP contribution in [0.4, 0.5) is 0 Å². The van der Waals surface area contributed by atoms with Crippen molar-refractivity contribution in [3.05, 3.63) is 29.3 Å². The van der Waals surface area contributed by atoms with E-state index in [2.05, 4.69) is 16.4 Å². The van der Waals surface area contributed by atoms with Crippen LogP contribution >= 0.6 is 0 Å². The molecule has 0 spiro atoms. The fraction of sp³-hybridized carbons (Fsp3) is 0.400. The van der Waals surface area contributed by atoms with Gasteiger partial charge < -0.3 is 21.0 Å². The van der Waals surface area contributed by atoms with Crippen LogP contribution in [0.5, 0.6) is 5.75 Å². The van der Waals surface area contributed by atoms with Gasteiger partial charge in [0, 0.05) is 13.0 Å². The van der Waals surface area contributed by atoms with Crippen molar-refractivity contribution < 1.29 is 9.94 Å². The van der Waals surface area contributed by atoms with E-state index in [0.717, 1.165) is 31.4 Å². The topological polar surface area (TPSA) is 79.9 Å². The van der Waals surface area contributed by atoms with Crippen LogP contribution < -0.4 is 15.8 Å². The molecule has 0 aromatic heterocycles. The molecule has 0 aliphatic rings. The molecule has 108 valence electrons. The Morgan fingerprint density at radius 3 is 2.95 bits per heavy atom. The van der Waals surface area contributed by atoms with Crippen LogP contribution in [0.25, 0.3) is 0 Å². The van der Waals surface area contributed by atoms with Gasteiger partial charge in [-0.3, -0.25) is 0 Å². The molecule has 0 bridgehead atoms. The predicted molar refractivity (Wildman–Crippen MR) is 79.9 cm³/mol. The lowest BCUT2D eigenvalue weighted by molar-refractivity contribution is 0.318.